The van der Waals surface area contributed by atoms with Gasteiger partial charge in [-0.25, -0.2) is 0 Å². The van der Waals surface area contributed by atoms with E-state index in [0.29, 0.717) is 11.3 Å². The summed E-state index contributed by atoms with van der Waals surface area (Å²) in [7, 11) is 0. The lowest BCUT2D eigenvalue weighted by atomic mass is 10.1. The van der Waals surface area contributed by atoms with Crippen LogP contribution in [0.15, 0.2) is 18.2 Å². The van der Waals surface area contributed by atoms with Crippen LogP contribution in [0.3, 0.4) is 0 Å². The highest BCUT2D eigenvalue weighted by molar-refractivity contribution is 5.99. The molecule has 16 heavy (non-hydrogen) atoms. The Hall–Kier alpha value is -1.55. The van der Waals surface area contributed by atoms with E-state index in [9.17, 15) is 4.79 Å². The summed E-state index contributed by atoms with van der Waals surface area (Å²) in [4.78, 5) is 11.2. The lowest BCUT2D eigenvalue weighted by Crippen LogP contribution is -2.22. The van der Waals surface area contributed by atoms with Gasteiger partial charge in [0.2, 0.25) is 0 Å². The maximum absolute atomic E-state index is 11.2. The number of rotatable bonds is 5. The molecule has 4 heteroatoms. The van der Waals surface area contributed by atoms with E-state index >= 15 is 0 Å². The number of aliphatic hydroxyl groups is 1. The predicted octanol–water partition coefficient (Wildman–Crippen LogP) is 1.65. The molecule has 88 valence electrons. The molecule has 0 saturated heterocycles. The molecule has 0 radical (unpaired) electrons. The molecular weight excluding hydrogens is 204 g/mol. The number of nitrogens with one attached hydrogen (secondary N) is 1. The van der Waals surface area contributed by atoms with E-state index in [2.05, 4.69) is 5.32 Å². The number of hydrogen-bond acceptors (Lipinski definition) is 4. The van der Waals surface area contributed by atoms with Crippen molar-refractivity contribution < 1.29 is 9.90 Å². The largest absolute Gasteiger partial charge is 0.398 e. The van der Waals surface area contributed by atoms with Crippen molar-refractivity contribution in [3.8, 4) is 0 Å². The number of nitrogens with two attached hydrogens (primary N) is 1. The fourth-order valence-corrected chi connectivity index (χ4v) is 1.49. The molecule has 0 aliphatic heterocycles. The minimum atomic E-state index is -0.0433. The third-order valence-electron chi connectivity index (χ3n) is 2.51. The van der Waals surface area contributed by atoms with Gasteiger partial charge in [0.1, 0.15) is 0 Å². The van der Waals surface area contributed by atoms with Crippen LogP contribution in [0, 0.1) is 0 Å². The number of carbonyl (C=O) groups is 1. The number of aliphatic hydroxyl groups excluding tert-OH is 1. The number of carbonyl (C=O) groups excluding carboxylic acids is 1. The highest BCUT2D eigenvalue weighted by Crippen LogP contribution is 2.19. The molecule has 0 saturated carbocycles. The SMILES string of the molecule is CCC(CO)Nc1ccc(C(C)=O)c(N)c1. The van der Waals surface area contributed by atoms with E-state index in [1.165, 1.54) is 6.92 Å². The Morgan fingerprint density at radius 2 is 2.25 bits per heavy atom. The van der Waals surface area contributed by atoms with Gasteiger partial charge >= 0.3 is 0 Å². The van der Waals surface area contributed by atoms with Crippen LogP contribution in [0.4, 0.5) is 11.4 Å². The van der Waals surface area contributed by atoms with Gasteiger partial charge in [0, 0.05) is 23.0 Å². The molecular formula is C12H18N2O2. The summed E-state index contributed by atoms with van der Waals surface area (Å²) in [6.07, 6.45) is 0.824. The number of nitrogen functional groups attached to an aromatic ring is 1. The number of hydrogen-bond donors (Lipinski definition) is 3. The van der Waals surface area contributed by atoms with Crippen LogP contribution < -0.4 is 11.1 Å². The van der Waals surface area contributed by atoms with E-state index in [-0.39, 0.29) is 18.4 Å². The first-order valence-electron chi connectivity index (χ1n) is 5.36. The number of Topliss-reactive ketones (excluding diaryl/α,β-unsaturated/α-hetero) is 1. The first kappa shape index (κ1) is 12.5. The van der Waals surface area contributed by atoms with E-state index < -0.39 is 0 Å². The van der Waals surface area contributed by atoms with Gasteiger partial charge in [-0.3, -0.25) is 4.79 Å². The molecule has 0 aliphatic rings. The second-order valence-corrected chi connectivity index (χ2v) is 3.79. The standard InChI is InChI=1S/C12H18N2O2/c1-3-9(7-15)14-10-4-5-11(8(2)16)12(13)6-10/h4-6,9,14-15H,3,7,13H2,1-2H3. The van der Waals surface area contributed by atoms with Crippen molar-refractivity contribution in [3.05, 3.63) is 23.8 Å². The number of anilines is 2. The van der Waals surface area contributed by atoms with E-state index in [4.69, 9.17) is 10.8 Å². The topological polar surface area (TPSA) is 75.3 Å². The molecule has 4 nitrogen and oxygen atoms in total. The van der Waals surface area contributed by atoms with Crippen molar-refractivity contribution in [1.82, 2.24) is 0 Å². The first-order valence-corrected chi connectivity index (χ1v) is 5.36. The molecule has 1 rings (SSSR count). The van der Waals surface area contributed by atoms with Crippen LogP contribution >= 0.6 is 0 Å². The Kier molecular flexibility index (Phi) is 4.31. The van der Waals surface area contributed by atoms with Crippen LogP contribution in [0.25, 0.3) is 0 Å². The smallest absolute Gasteiger partial charge is 0.161 e. The summed E-state index contributed by atoms with van der Waals surface area (Å²) in [6.45, 7) is 3.55. The van der Waals surface area contributed by atoms with Crippen LogP contribution in [0.2, 0.25) is 0 Å². The molecule has 0 spiro atoms. The third-order valence-corrected chi connectivity index (χ3v) is 2.51. The maximum atomic E-state index is 11.2. The second kappa shape index (κ2) is 5.51. The summed E-state index contributed by atoms with van der Waals surface area (Å²) in [6, 6.07) is 5.23. The summed E-state index contributed by atoms with van der Waals surface area (Å²) in [5, 5.41) is 12.2. The highest BCUT2D eigenvalue weighted by atomic mass is 16.3. The van der Waals surface area contributed by atoms with Crippen LogP contribution in [-0.4, -0.2) is 23.5 Å². The lowest BCUT2D eigenvalue weighted by molar-refractivity contribution is 0.101. The zero-order valence-corrected chi connectivity index (χ0v) is 9.66. The highest BCUT2D eigenvalue weighted by Gasteiger charge is 2.08. The van der Waals surface area contributed by atoms with Gasteiger partial charge in [0.15, 0.2) is 5.78 Å². The molecule has 0 fully saturated rings. The molecule has 0 bridgehead atoms. The van der Waals surface area contributed by atoms with Crippen molar-refractivity contribution in [2.45, 2.75) is 26.3 Å². The fraction of sp³-hybridized carbons (Fsp3) is 0.417. The Labute approximate surface area is 95.5 Å². The zero-order chi connectivity index (χ0) is 12.1. The average molecular weight is 222 g/mol. The summed E-state index contributed by atoms with van der Waals surface area (Å²) >= 11 is 0. The van der Waals surface area contributed by atoms with Crippen molar-refractivity contribution in [3.63, 3.8) is 0 Å². The molecule has 1 aromatic rings. The van der Waals surface area contributed by atoms with Gasteiger partial charge in [-0.2, -0.15) is 0 Å². The minimum Gasteiger partial charge on any atom is -0.398 e. The van der Waals surface area contributed by atoms with E-state index in [1.54, 1.807) is 18.2 Å². The summed E-state index contributed by atoms with van der Waals surface area (Å²) < 4.78 is 0. The van der Waals surface area contributed by atoms with Gasteiger partial charge < -0.3 is 16.2 Å². The summed E-state index contributed by atoms with van der Waals surface area (Å²) in [5.41, 5.74) is 7.57. The number of benzene rings is 1. The average Bonchev–Trinajstić information content (AvgIpc) is 2.25. The predicted molar refractivity (Wildman–Crippen MR) is 65.6 cm³/mol. The Bertz CT molecular complexity index is 373. The molecule has 0 amide bonds. The lowest BCUT2D eigenvalue weighted by Gasteiger charge is -2.16. The quantitative estimate of drug-likeness (QED) is 0.523. The molecule has 1 aromatic carbocycles. The van der Waals surface area contributed by atoms with E-state index in [1.807, 2.05) is 6.92 Å². The minimum absolute atomic E-state index is 0.0163. The first-order chi connectivity index (χ1) is 7.58. The molecule has 1 atom stereocenters. The molecule has 1 unspecified atom stereocenters. The van der Waals surface area contributed by atoms with Crippen molar-refractivity contribution >= 4 is 17.2 Å². The second-order valence-electron chi connectivity index (χ2n) is 3.79. The van der Waals surface area contributed by atoms with Crippen molar-refractivity contribution in [2.24, 2.45) is 0 Å². The van der Waals surface area contributed by atoms with Crippen LogP contribution in [0.1, 0.15) is 30.6 Å². The van der Waals surface area contributed by atoms with Crippen molar-refractivity contribution in [1.29, 1.82) is 0 Å². The third kappa shape index (κ3) is 2.97. The Balaban J connectivity index is 2.84. The Morgan fingerprint density at radius 1 is 1.56 bits per heavy atom. The van der Waals surface area contributed by atoms with Crippen LogP contribution in [-0.2, 0) is 0 Å². The Morgan fingerprint density at radius 3 is 2.69 bits per heavy atom. The zero-order valence-electron chi connectivity index (χ0n) is 9.66. The van der Waals surface area contributed by atoms with Crippen molar-refractivity contribution in [2.75, 3.05) is 17.7 Å². The van der Waals surface area contributed by atoms with Gasteiger partial charge in [-0.05, 0) is 31.5 Å². The van der Waals surface area contributed by atoms with E-state index in [0.717, 1.165) is 12.1 Å². The maximum Gasteiger partial charge on any atom is 0.161 e. The summed E-state index contributed by atoms with van der Waals surface area (Å²) in [5.74, 6) is -0.0433. The normalized spacial score (nSPS) is 12.2. The molecule has 0 aliphatic carbocycles. The van der Waals surface area contributed by atoms with Gasteiger partial charge in [-0.15, -0.1) is 0 Å². The molecule has 0 aromatic heterocycles. The van der Waals surface area contributed by atoms with Crippen LogP contribution in [0.5, 0.6) is 0 Å². The fourth-order valence-electron chi connectivity index (χ4n) is 1.49. The van der Waals surface area contributed by atoms with Gasteiger partial charge in [0.05, 0.1) is 6.61 Å². The van der Waals surface area contributed by atoms with Gasteiger partial charge in [-0.1, -0.05) is 6.92 Å². The molecule has 0 heterocycles. The van der Waals surface area contributed by atoms with Gasteiger partial charge in [0.25, 0.3) is 0 Å². The monoisotopic (exact) mass is 222 g/mol. The molecule has 4 N–H and O–H groups in total. The number of ketones is 1.